The molecule has 0 saturated heterocycles. The highest BCUT2D eigenvalue weighted by atomic mass is 16.5. The Morgan fingerprint density at radius 1 is 1.09 bits per heavy atom. The van der Waals surface area contributed by atoms with Gasteiger partial charge < -0.3 is 20.1 Å². The van der Waals surface area contributed by atoms with Gasteiger partial charge >= 0.3 is 0 Å². The fourth-order valence-corrected chi connectivity index (χ4v) is 2.10. The Bertz CT molecular complexity index is 487. The standard InChI is InChI=1S/C18H31N3O2/c1-6-22-16-9-8-15(12-17(16)23-7-2)10-11-20-18(19-5)21-13-14(3)4/h8-9,12,14H,6-7,10-11,13H2,1-5H3,(H2,19,20,21). The van der Waals surface area contributed by atoms with E-state index in [0.717, 1.165) is 37.0 Å². The van der Waals surface area contributed by atoms with Crippen LogP contribution < -0.4 is 20.1 Å². The van der Waals surface area contributed by atoms with Crippen LogP contribution in [0.1, 0.15) is 33.3 Å². The van der Waals surface area contributed by atoms with Crippen LogP contribution in [-0.4, -0.2) is 39.3 Å². The van der Waals surface area contributed by atoms with Gasteiger partial charge in [0.1, 0.15) is 0 Å². The van der Waals surface area contributed by atoms with Crippen molar-refractivity contribution < 1.29 is 9.47 Å². The fourth-order valence-electron chi connectivity index (χ4n) is 2.10. The fraction of sp³-hybridized carbons (Fsp3) is 0.611. The molecule has 0 heterocycles. The number of aliphatic imine (C=N–C) groups is 1. The Balaban J connectivity index is 2.55. The van der Waals surface area contributed by atoms with Gasteiger partial charge in [-0.25, -0.2) is 0 Å². The highest BCUT2D eigenvalue weighted by Gasteiger charge is 2.06. The Labute approximate surface area is 140 Å². The largest absolute Gasteiger partial charge is 0.490 e. The highest BCUT2D eigenvalue weighted by molar-refractivity contribution is 5.79. The van der Waals surface area contributed by atoms with Gasteiger partial charge in [-0.1, -0.05) is 19.9 Å². The molecule has 0 aromatic heterocycles. The molecule has 0 fully saturated rings. The number of hydrogen-bond donors (Lipinski definition) is 2. The molecule has 5 nitrogen and oxygen atoms in total. The molecule has 0 atom stereocenters. The number of guanidine groups is 1. The molecule has 0 saturated carbocycles. The van der Waals surface area contributed by atoms with Gasteiger partial charge in [0.25, 0.3) is 0 Å². The lowest BCUT2D eigenvalue weighted by atomic mass is 10.1. The summed E-state index contributed by atoms with van der Waals surface area (Å²) in [4.78, 5) is 4.23. The maximum absolute atomic E-state index is 5.66. The van der Waals surface area contributed by atoms with Gasteiger partial charge in [0.05, 0.1) is 13.2 Å². The van der Waals surface area contributed by atoms with E-state index in [1.807, 2.05) is 19.9 Å². The van der Waals surface area contributed by atoms with Crippen molar-refractivity contribution in [3.63, 3.8) is 0 Å². The van der Waals surface area contributed by atoms with Crippen molar-refractivity contribution >= 4 is 5.96 Å². The molecule has 2 N–H and O–H groups in total. The molecule has 0 bridgehead atoms. The molecule has 5 heteroatoms. The minimum atomic E-state index is 0.591. The third kappa shape index (κ3) is 7.26. The van der Waals surface area contributed by atoms with Gasteiger partial charge in [0.15, 0.2) is 17.5 Å². The van der Waals surface area contributed by atoms with Crippen molar-refractivity contribution in [1.82, 2.24) is 10.6 Å². The number of nitrogens with zero attached hydrogens (tertiary/aromatic N) is 1. The molecule has 1 aromatic carbocycles. The van der Waals surface area contributed by atoms with Gasteiger partial charge in [-0.3, -0.25) is 4.99 Å². The zero-order chi connectivity index (χ0) is 17.1. The molecular formula is C18H31N3O2. The second-order valence-corrected chi connectivity index (χ2v) is 5.67. The summed E-state index contributed by atoms with van der Waals surface area (Å²) in [5.74, 6) is 3.05. The predicted molar refractivity (Wildman–Crippen MR) is 96.7 cm³/mol. The van der Waals surface area contributed by atoms with Crippen LogP contribution in [-0.2, 0) is 6.42 Å². The Morgan fingerprint density at radius 2 is 1.78 bits per heavy atom. The number of nitrogens with one attached hydrogen (secondary N) is 2. The van der Waals surface area contributed by atoms with E-state index < -0.39 is 0 Å². The van der Waals surface area contributed by atoms with E-state index in [1.54, 1.807) is 7.05 Å². The van der Waals surface area contributed by atoms with Crippen molar-refractivity contribution in [2.75, 3.05) is 33.4 Å². The summed E-state index contributed by atoms with van der Waals surface area (Å²) in [6.45, 7) is 11.3. The van der Waals surface area contributed by atoms with Crippen molar-refractivity contribution in [3.05, 3.63) is 23.8 Å². The van der Waals surface area contributed by atoms with Crippen molar-refractivity contribution in [3.8, 4) is 11.5 Å². The van der Waals surface area contributed by atoms with Gasteiger partial charge in [0, 0.05) is 20.1 Å². The second kappa shape index (κ2) is 10.8. The van der Waals surface area contributed by atoms with Crippen molar-refractivity contribution in [1.29, 1.82) is 0 Å². The van der Waals surface area contributed by atoms with E-state index in [2.05, 4.69) is 41.6 Å². The quantitative estimate of drug-likeness (QED) is 0.542. The van der Waals surface area contributed by atoms with E-state index in [-0.39, 0.29) is 0 Å². The van der Waals surface area contributed by atoms with Crippen LogP contribution >= 0.6 is 0 Å². The molecule has 1 aromatic rings. The van der Waals surface area contributed by atoms with Crippen LogP contribution in [0.25, 0.3) is 0 Å². The van der Waals surface area contributed by atoms with Crippen LogP contribution in [0.3, 0.4) is 0 Å². The van der Waals surface area contributed by atoms with Gasteiger partial charge in [0.2, 0.25) is 0 Å². The van der Waals surface area contributed by atoms with E-state index >= 15 is 0 Å². The number of rotatable bonds is 9. The topological polar surface area (TPSA) is 54.9 Å². The normalized spacial score (nSPS) is 11.5. The molecule has 0 aliphatic carbocycles. The van der Waals surface area contributed by atoms with E-state index in [4.69, 9.17) is 9.47 Å². The second-order valence-electron chi connectivity index (χ2n) is 5.67. The molecule has 0 aliphatic rings. The minimum Gasteiger partial charge on any atom is -0.490 e. The molecule has 23 heavy (non-hydrogen) atoms. The van der Waals surface area contributed by atoms with Gasteiger partial charge in [-0.15, -0.1) is 0 Å². The lowest BCUT2D eigenvalue weighted by Crippen LogP contribution is -2.39. The summed E-state index contributed by atoms with van der Waals surface area (Å²) in [5, 5.41) is 6.64. The molecule has 0 radical (unpaired) electrons. The summed E-state index contributed by atoms with van der Waals surface area (Å²) in [7, 11) is 1.79. The molecule has 0 spiro atoms. The Kier molecular flexibility index (Phi) is 8.95. The first kappa shape index (κ1) is 19.1. The van der Waals surface area contributed by atoms with Gasteiger partial charge in [-0.2, -0.15) is 0 Å². The maximum Gasteiger partial charge on any atom is 0.190 e. The van der Waals surface area contributed by atoms with E-state index in [1.165, 1.54) is 5.56 Å². The van der Waals surface area contributed by atoms with Crippen LogP contribution in [0.2, 0.25) is 0 Å². The Morgan fingerprint density at radius 3 is 2.39 bits per heavy atom. The first-order valence-electron chi connectivity index (χ1n) is 8.43. The molecule has 0 amide bonds. The molecule has 0 unspecified atom stereocenters. The highest BCUT2D eigenvalue weighted by Crippen LogP contribution is 2.28. The van der Waals surface area contributed by atoms with Crippen LogP contribution in [0, 0.1) is 5.92 Å². The minimum absolute atomic E-state index is 0.591. The van der Waals surface area contributed by atoms with Crippen molar-refractivity contribution in [2.45, 2.75) is 34.1 Å². The predicted octanol–water partition coefficient (Wildman–Crippen LogP) is 2.85. The third-order valence-corrected chi connectivity index (χ3v) is 3.22. The lowest BCUT2D eigenvalue weighted by Gasteiger charge is -2.14. The average molecular weight is 321 g/mol. The summed E-state index contributed by atoms with van der Waals surface area (Å²) in [5.41, 5.74) is 1.21. The number of ether oxygens (including phenoxy) is 2. The lowest BCUT2D eigenvalue weighted by molar-refractivity contribution is 0.287. The number of benzene rings is 1. The number of hydrogen-bond acceptors (Lipinski definition) is 3. The third-order valence-electron chi connectivity index (χ3n) is 3.22. The SMILES string of the molecule is CCOc1ccc(CCNC(=NC)NCC(C)C)cc1OCC. The molecule has 130 valence electrons. The van der Waals surface area contributed by atoms with Crippen LogP contribution in [0.5, 0.6) is 11.5 Å². The first-order chi connectivity index (χ1) is 11.1. The summed E-state index contributed by atoms with van der Waals surface area (Å²) in [6, 6.07) is 6.12. The summed E-state index contributed by atoms with van der Waals surface area (Å²) >= 11 is 0. The van der Waals surface area contributed by atoms with Crippen LogP contribution in [0.15, 0.2) is 23.2 Å². The zero-order valence-corrected chi connectivity index (χ0v) is 15.1. The molecular weight excluding hydrogens is 290 g/mol. The van der Waals surface area contributed by atoms with Crippen LogP contribution in [0.4, 0.5) is 0 Å². The van der Waals surface area contributed by atoms with E-state index in [9.17, 15) is 0 Å². The molecule has 0 aliphatic heterocycles. The summed E-state index contributed by atoms with van der Waals surface area (Å²) < 4.78 is 11.3. The van der Waals surface area contributed by atoms with E-state index in [0.29, 0.717) is 19.1 Å². The smallest absolute Gasteiger partial charge is 0.190 e. The molecule has 1 rings (SSSR count). The van der Waals surface area contributed by atoms with Crippen molar-refractivity contribution in [2.24, 2.45) is 10.9 Å². The monoisotopic (exact) mass is 321 g/mol. The summed E-state index contributed by atoms with van der Waals surface area (Å²) in [6.07, 6.45) is 0.898. The van der Waals surface area contributed by atoms with Gasteiger partial charge in [-0.05, 0) is 43.9 Å². The zero-order valence-electron chi connectivity index (χ0n) is 15.1. The first-order valence-corrected chi connectivity index (χ1v) is 8.43. The average Bonchev–Trinajstić information content (AvgIpc) is 2.53. The Hall–Kier alpha value is -1.91. The maximum atomic E-state index is 5.66.